The number of nitrogens with zero attached hydrogens (tertiary/aromatic N) is 1. The number of halogens is 1. The van der Waals surface area contributed by atoms with Gasteiger partial charge in [-0.15, -0.1) is 0 Å². The van der Waals surface area contributed by atoms with Crippen molar-refractivity contribution in [3.63, 3.8) is 0 Å². The van der Waals surface area contributed by atoms with E-state index in [1.807, 2.05) is 0 Å². The first-order chi connectivity index (χ1) is 15.9. The third kappa shape index (κ3) is 5.63. The number of hydrogen-bond acceptors (Lipinski definition) is 6. The average Bonchev–Trinajstić information content (AvgIpc) is 3.59. The van der Waals surface area contributed by atoms with Crippen molar-refractivity contribution in [3.05, 3.63) is 53.2 Å². The van der Waals surface area contributed by atoms with Crippen LogP contribution in [-0.4, -0.2) is 48.5 Å². The lowest BCUT2D eigenvalue weighted by molar-refractivity contribution is 0.0690. The van der Waals surface area contributed by atoms with Crippen LogP contribution in [0.15, 0.2) is 42.6 Å². The number of urea groups is 1. The molecule has 2 aromatic carbocycles. The summed E-state index contributed by atoms with van der Waals surface area (Å²) in [7, 11) is 1.53. The number of methoxy groups -OCH3 is 1. The van der Waals surface area contributed by atoms with E-state index < -0.39 is 5.97 Å². The van der Waals surface area contributed by atoms with Crippen molar-refractivity contribution in [1.82, 2.24) is 10.3 Å². The fourth-order valence-corrected chi connectivity index (χ4v) is 3.34. The van der Waals surface area contributed by atoms with E-state index in [0.29, 0.717) is 39.7 Å². The number of carboxylic acids is 1. The van der Waals surface area contributed by atoms with Crippen molar-refractivity contribution in [3.8, 4) is 17.2 Å². The summed E-state index contributed by atoms with van der Waals surface area (Å²) >= 11 is 6.32. The van der Waals surface area contributed by atoms with Gasteiger partial charge in [-0.3, -0.25) is 4.98 Å². The van der Waals surface area contributed by atoms with Crippen LogP contribution in [0.4, 0.5) is 10.5 Å². The predicted molar refractivity (Wildman–Crippen MR) is 123 cm³/mol. The summed E-state index contributed by atoms with van der Waals surface area (Å²) in [5, 5.41) is 16.0. The number of carboxylic acid groups (broad SMARTS) is 1. The molecule has 1 saturated carbocycles. The van der Waals surface area contributed by atoms with Crippen molar-refractivity contribution in [1.29, 1.82) is 0 Å². The third-order valence-corrected chi connectivity index (χ3v) is 5.22. The molecule has 1 aliphatic carbocycles. The summed E-state index contributed by atoms with van der Waals surface area (Å²) in [6.45, 7) is 0.525. The fraction of sp³-hybridized carbons (Fsp3) is 0.261. The summed E-state index contributed by atoms with van der Waals surface area (Å²) in [4.78, 5) is 28.0. The van der Waals surface area contributed by atoms with Crippen molar-refractivity contribution < 1.29 is 28.9 Å². The van der Waals surface area contributed by atoms with E-state index in [1.165, 1.54) is 13.2 Å². The maximum atomic E-state index is 12.0. The zero-order valence-corrected chi connectivity index (χ0v) is 18.5. The van der Waals surface area contributed by atoms with Crippen LogP contribution in [-0.2, 0) is 4.74 Å². The molecule has 0 atom stereocenters. The molecule has 33 heavy (non-hydrogen) atoms. The van der Waals surface area contributed by atoms with Crippen LogP contribution in [0, 0.1) is 0 Å². The van der Waals surface area contributed by atoms with Crippen LogP contribution < -0.4 is 20.1 Å². The molecule has 1 heterocycles. The van der Waals surface area contributed by atoms with E-state index in [9.17, 15) is 14.7 Å². The number of aromatic nitrogens is 1. The first-order valence-electron chi connectivity index (χ1n) is 10.3. The standard InChI is InChI=1S/C23H22ClN3O6/c1-31-8-9-32-21-12-19-15(11-16(21)22(28)29)20(6-7-25-19)33-14-4-5-18(17(24)10-14)27-23(30)26-13-2-3-13/h4-7,10-13H,2-3,8-9H2,1H3,(H,28,29)(H2,26,27,30). The van der Waals surface area contributed by atoms with Crippen LogP contribution >= 0.6 is 11.6 Å². The number of carbonyl (C=O) groups excluding carboxylic acids is 1. The summed E-state index contributed by atoms with van der Waals surface area (Å²) in [5.74, 6) is -0.131. The topological polar surface area (TPSA) is 119 Å². The summed E-state index contributed by atoms with van der Waals surface area (Å²) in [6.07, 6.45) is 3.52. The molecule has 1 aromatic heterocycles. The molecule has 1 aliphatic rings. The molecule has 2 amide bonds. The zero-order chi connectivity index (χ0) is 23.4. The first kappa shape index (κ1) is 22.6. The molecule has 3 N–H and O–H groups in total. The molecular formula is C23H22ClN3O6. The molecule has 0 spiro atoms. The summed E-state index contributed by atoms with van der Waals surface area (Å²) < 4.78 is 16.5. The molecule has 0 aliphatic heterocycles. The smallest absolute Gasteiger partial charge is 0.339 e. The van der Waals surface area contributed by atoms with Gasteiger partial charge in [-0.2, -0.15) is 0 Å². The average molecular weight is 472 g/mol. The molecule has 172 valence electrons. The monoisotopic (exact) mass is 471 g/mol. The normalized spacial score (nSPS) is 12.9. The Morgan fingerprint density at radius 1 is 1.15 bits per heavy atom. The first-order valence-corrected chi connectivity index (χ1v) is 10.6. The highest BCUT2D eigenvalue weighted by Crippen LogP contribution is 2.35. The van der Waals surface area contributed by atoms with Gasteiger partial charge in [0, 0.05) is 36.9 Å². The number of pyridine rings is 1. The van der Waals surface area contributed by atoms with Crippen molar-refractivity contribution in [2.75, 3.05) is 25.6 Å². The molecule has 4 rings (SSSR count). The Balaban J connectivity index is 1.57. The van der Waals surface area contributed by atoms with Gasteiger partial charge in [0.2, 0.25) is 0 Å². The third-order valence-electron chi connectivity index (χ3n) is 4.91. The Hall–Kier alpha value is -3.56. The Bertz CT molecular complexity index is 1200. The second-order valence-corrected chi connectivity index (χ2v) is 7.84. The number of ether oxygens (including phenoxy) is 3. The van der Waals surface area contributed by atoms with Gasteiger partial charge >= 0.3 is 12.0 Å². The van der Waals surface area contributed by atoms with E-state index in [0.717, 1.165) is 12.8 Å². The molecule has 0 saturated heterocycles. The molecule has 10 heteroatoms. The predicted octanol–water partition coefficient (Wildman–Crippen LogP) is 4.69. The van der Waals surface area contributed by atoms with Crippen LogP contribution in [0.3, 0.4) is 0 Å². The summed E-state index contributed by atoms with van der Waals surface area (Å²) in [6, 6.07) is 9.43. The second-order valence-electron chi connectivity index (χ2n) is 7.44. The van der Waals surface area contributed by atoms with Gasteiger partial charge < -0.3 is 30.0 Å². The van der Waals surface area contributed by atoms with Gasteiger partial charge in [0.05, 0.1) is 22.8 Å². The Kier molecular flexibility index (Phi) is 6.81. The number of carbonyl (C=O) groups is 2. The van der Waals surface area contributed by atoms with E-state index >= 15 is 0 Å². The van der Waals surface area contributed by atoms with Crippen LogP contribution in [0.5, 0.6) is 17.2 Å². The minimum atomic E-state index is -1.14. The molecule has 3 aromatic rings. The van der Waals surface area contributed by atoms with Gasteiger partial charge in [-0.05, 0) is 37.1 Å². The van der Waals surface area contributed by atoms with Crippen LogP contribution in [0.1, 0.15) is 23.2 Å². The minimum absolute atomic E-state index is 0.0179. The largest absolute Gasteiger partial charge is 0.490 e. The van der Waals surface area contributed by atoms with Gasteiger partial charge in [-0.25, -0.2) is 9.59 Å². The number of amides is 2. The van der Waals surface area contributed by atoms with Gasteiger partial charge in [0.25, 0.3) is 0 Å². The van der Waals surface area contributed by atoms with Crippen molar-refractivity contribution in [2.45, 2.75) is 18.9 Å². The fourth-order valence-electron chi connectivity index (χ4n) is 3.12. The molecule has 9 nitrogen and oxygen atoms in total. The molecule has 0 bridgehead atoms. The van der Waals surface area contributed by atoms with Crippen molar-refractivity contribution in [2.24, 2.45) is 0 Å². The number of aromatic carboxylic acids is 1. The number of nitrogens with one attached hydrogen (secondary N) is 2. The number of benzene rings is 2. The quantitative estimate of drug-likeness (QED) is 0.387. The van der Waals surface area contributed by atoms with Gasteiger partial charge in [-0.1, -0.05) is 11.6 Å². The summed E-state index contributed by atoms with van der Waals surface area (Å²) in [5.41, 5.74) is 0.939. The van der Waals surface area contributed by atoms with Gasteiger partial charge in [0.1, 0.15) is 29.4 Å². The maximum Gasteiger partial charge on any atom is 0.339 e. The SMILES string of the molecule is COCCOc1cc2nccc(Oc3ccc(NC(=O)NC4CC4)c(Cl)c3)c2cc1C(=O)O. The molecular weight excluding hydrogens is 450 g/mol. The van der Waals surface area contributed by atoms with Crippen LogP contribution in [0.25, 0.3) is 10.9 Å². The molecule has 0 unspecified atom stereocenters. The Morgan fingerprint density at radius 2 is 1.97 bits per heavy atom. The maximum absolute atomic E-state index is 12.0. The van der Waals surface area contributed by atoms with E-state index in [2.05, 4.69) is 15.6 Å². The highest BCUT2D eigenvalue weighted by atomic mass is 35.5. The number of fused-ring (bicyclic) bond motifs is 1. The lowest BCUT2D eigenvalue weighted by Crippen LogP contribution is -2.30. The van der Waals surface area contributed by atoms with E-state index in [1.54, 1.807) is 36.5 Å². The zero-order valence-electron chi connectivity index (χ0n) is 17.8. The van der Waals surface area contributed by atoms with E-state index in [-0.39, 0.29) is 30.0 Å². The van der Waals surface area contributed by atoms with Gasteiger partial charge in [0.15, 0.2) is 0 Å². The highest BCUT2D eigenvalue weighted by Gasteiger charge is 2.23. The number of anilines is 1. The Morgan fingerprint density at radius 3 is 2.67 bits per heavy atom. The van der Waals surface area contributed by atoms with Crippen molar-refractivity contribution >= 4 is 40.2 Å². The number of hydrogen-bond donors (Lipinski definition) is 3. The minimum Gasteiger partial charge on any atom is -0.490 e. The number of rotatable bonds is 9. The highest BCUT2D eigenvalue weighted by molar-refractivity contribution is 6.33. The molecule has 1 fully saturated rings. The van der Waals surface area contributed by atoms with Crippen LogP contribution in [0.2, 0.25) is 5.02 Å². The Labute approximate surface area is 194 Å². The second kappa shape index (κ2) is 9.93. The van der Waals surface area contributed by atoms with E-state index in [4.69, 9.17) is 25.8 Å². The lowest BCUT2D eigenvalue weighted by atomic mass is 10.1. The molecule has 0 radical (unpaired) electrons. The lowest BCUT2D eigenvalue weighted by Gasteiger charge is -2.14.